The van der Waals surface area contributed by atoms with E-state index in [-0.39, 0.29) is 6.03 Å². The molecule has 0 unspecified atom stereocenters. The molecule has 5 nitrogen and oxygen atoms in total. The van der Waals surface area contributed by atoms with Gasteiger partial charge in [-0.3, -0.25) is 4.21 Å². The van der Waals surface area contributed by atoms with Gasteiger partial charge in [-0.1, -0.05) is 0 Å². The first-order chi connectivity index (χ1) is 8.15. The number of nitrogens with zero attached hydrogens (tertiary/aromatic N) is 1. The number of urea groups is 1. The van der Waals surface area contributed by atoms with Crippen LogP contribution in [0.25, 0.3) is 0 Å². The Hall–Kier alpha value is -1.56. The molecule has 1 aliphatic heterocycles. The van der Waals surface area contributed by atoms with E-state index in [1.165, 1.54) is 0 Å². The summed E-state index contributed by atoms with van der Waals surface area (Å²) in [5.41, 5.74) is 6.94. The molecule has 0 aromatic heterocycles. The van der Waals surface area contributed by atoms with E-state index in [4.69, 9.17) is 5.73 Å². The number of benzene rings is 1. The molecule has 0 aliphatic carbocycles. The number of rotatable bonds is 1. The molecular weight excluding hydrogens is 238 g/mol. The van der Waals surface area contributed by atoms with Gasteiger partial charge in [0.15, 0.2) is 0 Å². The van der Waals surface area contributed by atoms with Crippen molar-refractivity contribution in [1.82, 2.24) is 4.90 Å². The lowest BCUT2D eigenvalue weighted by Crippen LogP contribution is -2.43. The number of carbonyl (C=O) groups is 1. The summed E-state index contributed by atoms with van der Waals surface area (Å²) < 4.78 is 11.2. The summed E-state index contributed by atoms with van der Waals surface area (Å²) in [5, 5.41) is 2.79. The summed E-state index contributed by atoms with van der Waals surface area (Å²) in [4.78, 5) is 13.5. The van der Waals surface area contributed by atoms with Crippen molar-refractivity contribution in [2.24, 2.45) is 0 Å². The van der Waals surface area contributed by atoms with Gasteiger partial charge in [-0.2, -0.15) is 0 Å². The van der Waals surface area contributed by atoms with E-state index in [0.29, 0.717) is 30.3 Å². The van der Waals surface area contributed by atoms with E-state index in [1.807, 2.05) is 0 Å². The van der Waals surface area contributed by atoms with Crippen LogP contribution < -0.4 is 11.1 Å². The minimum Gasteiger partial charge on any atom is -0.399 e. The predicted octanol–water partition coefficient (Wildman–Crippen LogP) is 0.865. The van der Waals surface area contributed by atoms with Crippen LogP contribution in [-0.4, -0.2) is 39.7 Å². The van der Waals surface area contributed by atoms with Crippen LogP contribution in [0.4, 0.5) is 16.2 Å². The normalized spacial score (nSPS) is 16.8. The molecule has 0 atom stereocenters. The SMILES string of the molecule is Nc1ccc(NC(=O)N2CCS(=O)CC2)cc1. The lowest BCUT2D eigenvalue weighted by Gasteiger charge is -2.26. The molecule has 1 heterocycles. The topological polar surface area (TPSA) is 75.4 Å². The molecule has 2 amide bonds. The molecule has 1 aromatic carbocycles. The molecule has 6 heteroatoms. The highest BCUT2D eigenvalue weighted by molar-refractivity contribution is 7.85. The van der Waals surface area contributed by atoms with Crippen LogP contribution in [-0.2, 0) is 10.8 Å². The largest absolute Gasteiger partial charge is 0.399 e. The molecule has 0 bridgehead atoms. The number of carbonyl (C=O) groups excluding carboxylic acids is 1. The first kappa shape index (κ1) is 11.9. The Morgan fingerprint density at radius 2 is 1.82 bits per heavy atom. The Bertz CT molecular complexity index is 423. The van der Waals surface area contributed by atoms with Gasteiger partial charge in [0.2, 0.25) is 0 Å². The molecule has 17 heavy (non-hydrogen) atoms. The minimum atomic E-state index is -0.765. The van der Waals surface area contributed by atoms with Crippen molar-refractivity contribution in [1.29, 1.82) is 0 Å². The van der Waals surface area contributed by atoms with Gasteiger partial charge in [0.05, 0.1) is 0 Å². The van der Waals surface area contributed by atoms with Crippen LogP contribution in [0.15, 0.2) is 24.3 Å². The van der Waals surface area contributed by atoms with Crippen molar-refractivity contribution >= 4 is 28.2 Å². The van der Waals surface area contributed by atoms with Gasteiger partial charge < -0.3 is 16.0 Å². The second kappa shape index (κ2) is 5.18. The Balaban J connectivity index is 1.92. The van der Waals surface area contributed by atoms with Gasteiger partial charge in [-0.15, -0.1) is 0 Å². The summed E-state index contributed by atoms with van der Waals surface area (Å²) in [7, 11) is -0.765. The number of hydrogen-bond donors (Lipinski definition) is 2. The highest BCUT2D eigenvalue weighted by Crippen LogP contribution is 2.12. The van der Waals surface area contributed by atoms with Crippen LogP contribution in [0, 0.1) is 0 Å². The number of amides is 2. The second-order valence-electron chi connectivity index (χ2n) is 3.89. The van der Waals surface area contributed by atoms with E-state index < -0.39 is 10.8 Å². The molecular formula is C11H15N3O2S. The smallest absolute Gasteiger partial charge is 0.321 e. The Morgan fingerprint density at radius 3 is 2.41 bits per heavy atom. The monoisotopic (exact) mass is 253 g/mol. The molecule has 1 saturated heterocycles. The fraction of sp³-hybridized carbons (Fsp3) is 0.364. The van der Waals surface area contributed by atoms with Crippen molar-refractivity contribution in [2.45, 2.75) is 0 Å². The van der Waals surface area contributed by atoms with E-state index in [9.17, 15) is 9.00 Å². The summed E-state index contributed by atoms with van der Waals surface area (Å²) in [6.07, 6.45) is 0. The molecule has 1 fully saturated rings. The van der Waals surface area contributed by atoms with Crippen molar-refractivity contribution in [3.05, 3.63) is 24.3 Å². The van der Waals surface area contributed by atoms with Gasteiger partial charge in [0, 0.05) is 46.8 Å². The molecule has 0 saturated carbocycles. The van der Waals surface area contributed by atoms with Crippen LogP contribution in [0.5, 0.6) is 0 Å². The summed E-state index contributed by atoms with van der Waals surface area (Å²) in [6.45, 7) is 1.10. The van der Waals surface area contributed by atoms with Crippen LogP contribution >= 0.6 is 0 Å². The maximum Gasteiger partial charge on any atom is 0.321 e. The Kier molecular flexibility index (Phi) is 3.63. The first-order valence-corrected chi connectivity index (χ1v) is 6.90. The molecule has 1 aromatic rings. The Morgan fingerprint density at radius 1 is 1.24 bits per heavy atom. The molecule has 2 rings (SSSR count). The summed E-state index contributed by atoms with van der Waals surface area (Å²) >= 11 is 0. The molecule has 0 radical (unpaired) electrons. The average molecular weight is 253 g/mol. The molecule has 92 valence electrons. The van der Waals surface area contributed by atoms with E-state index in [0.717, 1.165) is 5.69 Å². The molecule has 1 aliphatic rings. The zero-order valence-electron chi connectivity index (χ0n) is 9.39. The molecule has 0 spiro atoms. The van der Waals surface area contributed by atoms with Gasteiger partial charge in [0.25, 0.3) is 0 Å². The van der Waals surface area contributed by atoms with Crippen molar-refractivity contribution in [3.8, 4) is 0 Å². The van der Waals surface area contributed by atoms with E-state index >= 15 is 0 Å². The second-order valence-corrected chi connectivity index (χ2v) is 5.58. The zero-order valence-corrected chi connectivity index (χ0v) is 10.2. The lowest BCUT2D eigenvalue weighted by atomic mass is 10.3. The average Bonchev–Trinajstić information content (AvgIpc) is 2.33. The van der Waals surface area contributed by atoms with E-state index in [1.54, 1.807) is 29.2 Å². The standard InChI is InChI=1S/C11H15N3O2S/c12-9-1-3-10(4-2-9)13-11(15)14-5-7-17(16)8-6-14/h1-4H,5-8,12H2,(H,13,15). The first-order valence-electron chi connectivity index (χ1n) is 5.41. The van der Waals surface area contributed by atoms with Crippen molar-refractivity contribution in [2.75, 3.05) is 35.6 Å². The van der Waals surface area contributed by atoms with Crippen LogP contribution in [0.2, 0.25) is 0 Å². The van der Waals surface area contributed by atoms with Gasteiger partial charge >= 0.3 is 6.03 Å². The third-order valence-corrected chi connectivity index (χ3v) is 3.90. The molecule has 3 N–H and O–H groups in total. The van der Waals surface area contributed by atoms with Crippen molar-refractivity contribution in [3.63, 3.8) is 0 Å². The number of hydrogen-bond acceptors (Lipinski definition) is 3. The number of nitrogens with two attached hydrogens (primary N) is 1. The van der Waals surface area contributed by atoms with E-state index in [2.05, 4.69) is 5.32 Å². The lowest BCUT2D eigenvalue weighted by molar-refractivity contribution is 0.216. The third-order valence-electron chi connectivity index (χ3n) is 2.63. The predicted molar refractivity (Wildman–Crippen MR) is 69.3 cm³/mol. The van der Waals surface area contributed by atoms with Crippen LogP contribution in [0.3, 0.4) is 0 Å². The minimum absolute atomic E-state index is 0.147. The quantitative estimate of drug-likeness (QED) is 0.729. The van der Waals surface area contributed by atoms with Crippen molar-refractivity contribution < 1.29 is 9.00 Å². The zero-order chi connectivity index (χ0) is 12.3. The maximum atomic E-state index is 11.8. The Labute approximate surface area is 102 Å². The van der Waals surface area contributed by atoms with Gasteiger partial charge in [-0.25, -0.2) is 4.79 Å². The summed E-state index contributed by atoms with van der Waals surface area (Å²) in [6, 6.07) is 6.85. The highest BCUT2D eigenvalue weighted by Gasteiger charge is 2.19. The number of anilines is 2. The number of nitrogen functional groups attached to an aromatic ring is 1. The van der Waals surface area contributed by atoms with Gasteiger partial charge in [0.1, 0.15) is 0 Å². The fourth-order valence-corrected chi connectivity index (χ4v) is 2.66. The highest BCUT2D eigenvalue weighted by atomic mass is 32.2. The van der Waals surface area contributed by atoms with Gasteiger partial charge in [-0.05, 0) is 24.3 Å². The van der Waals surface area contributed by atoms with Crippen LogP contribution in [0.1, 0.15) is 0 Å². The third kappa shape index (κ3) is 3.20. The summed E-state index contributed by atoms with van der Waals surface area (Å²) in [5.74, 6) is 1.13. The maximum absolute atomic E-state index is 11.8. The number of nitrogens with one attached hydrogen (secondary N) is 1. The fourth-order valence-electron chi connectivity index (χ4n) is 1.61.